The first kappa shape index (κ1) is 23.2. The van der Waals surface area contributed by atoms with Crippen LogP contribution in [0.3, 0.4) is 0 Å². The molecule has 0 aliphatic carbocycles. The summed E-state index contributed by atoms with van der Waals surface area (Å²) in [5.74, 6) is 0.0844. The summed E-state index contributed by atoms with van der Waals surface area (Å²) in [6, 6.07) is 15.7. The SMILES string of the molecule is Cc1ccc(NC(=O)c2cc(-c3cccn4c(-c5ncccn5)nc(C)c34)ccc2C(F)(F)F)cc1. The average Bonchev–Trinajstić information content (AvgIpc) is 3.21. The first-order valence-corrected chi connectivity index (χ1v) is 11.1. The first-order valence-electron chi connectivity index (χ1n) is 11.1. The molecular weight excluding hydrogens is 467 g/mol. The molecule has 5 aromatic rings. The number of pyridine rings is 1. The first-order chi connectivity index (χ1) is 17.2. The molecule has 0 saturated heterocycles. The maximum absolute atomic E-state index is 13.8. The Balaban J connectivity index is 1.63. The van der Waals surface area contributed by atoms with E-state index in [9.17, 15) is 18.0 Å². The fourth-order valence-electron chi connectivity index (χ4n) is 4.11. The van der Waals surface area contributed by atoms with E-state index in [4.69, 9.17) is 0 Å². The van der Waals surface area contributed by atoms with Gasteiger partial charge in [0.2, 0.25) is 0 Å². The summed E-state index contributed by atoms with van der Waals surface area (Å²) in [5.41, 5.74) is 2.32. The second kappa shape index (κ2) is 8.92. The molecule has 5 rings (SSSR count). The molecule has 0 spiro atoms. The topological polar surface area (TPSA) is 72.2 Å². The van der Waals surface area contributed by atoms with Gasteiger partial charge in [0.1, 0.15) is 0 Å². The summed E-state index contributed by atoms with van der Waals surface area (Å²) >= 11 is 0. The van der Waals surface area contributed by atoms with Crippen LogP contribution in [0, 0.1) is 13.8 Å². The Kier molecular flexibility index (Phi) is 5.75. The minimum Gasteiger partial charge on any atom is -0.322 e. The molecule has 0 fully saturated rings. The van der Waals surface area contributed by atoms with Crippen molar-refractivity contribution in [2.75, 3.05) is 5.32 Å². The van der Waals surface area contributed by atoms with Gasteiger partial charge in [-0.3, -0.25) is 9.20 Å². The molecule has 1 N–H and O–H groups in total. The summed E-state index contributed by atoms with van der Waals surface area (Å²) in [6.07, 6.45) is 0.309. The molecule has 3 heterocycles. The van der Waals surface area contributed by atoms with E-state index >= 15 is 0 Å². The van der Waals surface area contributed by atoms with Crippen molar-refractivity contribution in [1.82, 2.24) is 19.4 Å². The Labute approximate surface area is 204 Å². The predicted molar refractivity (Wildman–Crippen MR) is 131 cm³/mol. The van der Waals surface area contributed by atoms with Crippen LogP contribution in [-0.4, -0.2) is 25.3 Å². The minimum absolute atomic E-state index is 0.408. The van der Waals surface area contributed by atoms with E-state index in [2.05, 4.69) is 20.3 Å². The van der Waals surface area contributed by atoms with Crippen LogP contribution in [0.5, 0.6) is 0 Å². The van der Waals surface area contributed by atoms with Crippen molar-refractivity contribution in [3.8, 4) is 22.8 Å². The van der Waals surface area contributed by atoms with Crippen LogP contribution in [0.2, 0.25) is 0 Å². The van der Waals surface area contributed by atoms with E-state index < -0.39 is 23.2 Å². The summed E-state index contributed by atoms with van der Waals surface area (Å²) in [6.45, 7) is 3.69. The van der Waals surface area contributed by atoms with Crippen molar-refractivity contribution in [2.45, 2.75) is 20.0 Å². The van der Waals surface area contributed by atoms with Crippen molar-refractivity contribution < 1.29 is 18.0 Å². The largest absolute Gasteiger partial charge is 0.417 e. The van der Waals surface area contributed by atoms with E-state index in [1.54, 1.807) is 72.4 Å². The lowest BCUT2D eigenvalue weighted by atomic mass is 9.97. The Bertz CT molecular complexity index is 1580. The maximum atomic E-state index is 13.8. The normalized spacial score (nSPS) is 11.6. The number of aryl methyl sites for hydroxylation is 2. The van der Waals surface area contributed by atoms with Crippen LogP contribution < -0.4 is 5.32 Å². The number of hydrogen-bond donors (Lipinski definition) is 1. The molecule has 0 unspecified atom stereocenters. The van der Waals surface area contributed by atoms with Gasteiger partial charge >= 0.3 is 6.18 Å². The van der Waals surface area contributed by atoms with E-state index in [1.165, 1.54) is 12.1 Å². The monoisotopic (exact) mass is 487 g/mol. The molecule has 0 aliphatic rings. The van der Waals surface area contributed by atoms with Gasteiger partial charge in [-0.1, -0.05) is 29.8 Å². The molecule has 180 valence electrons. The number of aromatic nitrogens is 4. The van der Waals surface area contributed by atoms with Gasteiger partial charge in [-0.15, -0.1) is 0 Å². The highest BCUT2D eigenvalue weighted by molar-refractivity contribution is 6.06. The number of nitrogens with one attached hydrogen (secondary N) is 1. The third-order valence-electron chi connectivity index (χ3n) is 5.79. The van der Waals surface area contributed by atoms with E-state index in [0.29, 0.717) is 39.7 Å². The van der Waals surface area contributed by atoms with Gasteiger partial charge in [-0.05, 0) is 55.8 Å². The fourth-order valence-corrected chi connectivity index (χ4v) is 4.11. The van der Waals surface area contributed by atoms with Crippen molar-refractivity contribution in [3.05, 3.63) is 102 Å². The Hall–Kier alpha value is -4.53. The van der Waals surface area contributed by atoms with E-state index in [0.717, 1.165) is 11.6 Å². The number of anilines is 1. The maximum Gasteiger partial charge on any atom is 0.417 e. The molecule has 0 atom stereocenters. The number of hydrogen-bond acceptors (Lipinski definition) is 4. The van der Waals surface area contributed by atoms with Gasteiger partial charge in [-0.2, -0.15) is 13.2 Å². The van der Waals surface area contributed by atoms with Gasteiger partial charge in [0.05, 0.1) is 22.3 Å². The lowest BCUT2D eigenvalue weighted by Gasteiger charge is -2.15. The summed E-state index contributed by atoms with van der Waals surface area (Å²) < 4.78 is 43.3. The van der Waals surface area contributed by atoms with E-state index in [1.807, 2.05) is 6.92 Å². The highest BCUT2D eigenvalue weighted by Crippen LogP contribution is 2.36. The number of carbonyl (C=O) groups is 1. The molecule has 6 nitrogen and oxygen atoms in total. The summed E-state index contributed by atoms with van der Waals surface area (Å²) in [7, 11) is 0. The van der Waals surface area contributed by atoms with Crippen LogP contribution >= 0.6 is 0 Å². The zero-order valence-corrected chi connectivity index (χ0v) is 19.3. The number of fused-ring (bicyclic) bond motifs is 1. The lowest BCUT2D eigenvalue weighted by molar-refractivity contribution is -0.137. The summed E-state index contributed by atoms with van der Waals surface area (Å²) in [4.78, 5) is 26.2. The quantitative estimate of drug-likeness (QED) is 0.321. The zero-order valence-electron chi connectivity index (χ0n) is 19.3. The second-order valence-corrected chi connectivity index (χ2v) is 8.31. The van der Waals surface area contributed by atoms with Crippen LogP contribution in [0.1, 0.15) is 27.2 Å². The number of amides is 1. The van der Waals surface area contributed by atoms with Crippen molar-refractivity contribution >= 4 is 17.1 Å². The van der Waals surface area contributed by atoms with Crippen LogP contribution in [0.4, 0.5) is 18.9 Å². The molecular formula is C27H20F3N5O. The van der Waals surface area contributed by atoms with Gasteiger partial charge in [0.15, 0.2) is 11.6 Å². The number of alkyl halides is 3. The van der Waals surface area contributed by atoms with Gasteiger partial charge < -0.3 is 5.32 Å². The highest BCUT2D eigenvalue weighted by Gasteiger charge is 2.35. The third-order valence-corrected chi connectivity index (χ3v) is 5.79. The molecule has 0 saturated carbocycles. The van der Waals surface area contributed by atoms with Crippen LogP contribution in [-0.2, 0) is 6.18 Å². The Morgan fingerprint density at radius 2 is 1.67 bits per heavy atom. The minimum atomic E-state index is -4.70. The molecule has 36 heavy (non-hydrogen) atoms. The number of nitrogens with zero attached hydrogens (tertiary/aromatic N) is 4. The van der Waals surface area contributed by atoms with Gasteiger partial charge in [-0.25, -0.2) is 15.0 Å². The van der Waals surface area contributed by atoms with Crippen LogP contribution in [0.15, 0.2) is 79.3 Å². The standard InChI is InChI=1S/C27H20F3N5O/c1-16-6-9-19(10-7-16)34-26(36)21-15-18(8-11-22(21)27(28,29)30)20-5-3-14-35-23(20)17(2)33-25(35)24-31-12-4-13-32-24/h3-15H,1-2H3,(H,34,36). The van der Waals surface area contributed by atoms with Crippen molar-refractivity contribution in [1.29, 1.82) is 0 Å². The molecule has 0 radical (unpaired) electrons. The molecule has 0 aliphatic heterocycles. The molecule has 3 aromatic heterocycles. The lowest BCUT2D eigenvalue weighted by Crippen LogP contribution is -2.19. The molecule has 9 heteroatoms. The number of benzene rings is 2. The van der Waals surface area contributed by atoms with Gasteiger partial charge in [0, 0.05) is 29.8 Å². The number of rotatable bonds is 4. The van der Waals surface area contributed by atoms with Crippen molar-refractivity contribution in [2.24, 2.45) is 0 Å². The fraction of sp³-hybridized carbons (Fsp3) is 0.111. The molecule has 2 aromatic carbocycles. The highest BCUT2D eigenvalue weighted by atomic mass is 19.4. The van der Waals surface area contributed by atoms with E-state index in [-0.39, 0.29) is 0 Å². The average molecular weight is 487 g/mol. The molecule has 0 bridgehead atoms. The Morgan fingerprint density at radius 3 is 2.36 bits per heavy atom. The predicted octanol–water partition coefficient (Wildman–Crippen LogP) is 6.35. The van der Waals surface area contributed by atoms with Gasteiger partial charge in [0.25, 0.3) is 5.91 Å². The number of carbonyl (C=O) groups excluding carboxylic acids is 1. The number of halogens is 3. The van der Waals surface area contributed by atoms with Crippen LogP contribution in [0.25, 0.3) is 28.3 Å². The Morgan fingerprint density at radius 1 is 0.944 bits per heavy atom. The summed E-state index contributed by atoms with van der Waals surface area (Å²) in [5, 5.41) is 2.58. The zero-order chi connectivity index (χ0) is 25.4. The second-order valence-electron chi connectivity index (χ2n) is 8.31. The van der Waals surface area contributed by atoms with Crippen molar-refractivity contribution in [3.63, 3.8) is 0 Å². The molecule has 1 amide bonds. The third kappa shape index (κ3) is 4.31. The number of imidazole rings is 1. The smallest absolute Gasteiger partial charge is 0.322 e.